The average molecular weight is 869 g/mol. The average Bonchev–Trinajstić information content (AvgIpc) is 4.17. The van der Waals surface area contributed by atoms with Gasteiger partial charge in [-0.3, -0.25) is 14.4 Å². The van der Waals surface area contributed by atoms with E-state index < -0.39 is 18.3 Å². The second-order valence-corrected chi connectivity index (χ2v) is 18.4. The van der Waals surface area contributed by atoms with E-state index >= 15 is 0 Å². The van der Waals surface area contributed by atoms with E-state index in [4.69, 9.17) is 25.2 Å². The number of likely N-dealkylation sites (tertiary alicyclic amines) is 2. The van der Waals surface area contributed by atoms with Crippen molar-refractivity contribution in [2.45, 2.75) is 103 Å². The standard InChI is InChI=1S/C49H60N10O5/c1-27(2)42(50)47(61)57-18-8-12-38(57)44-53-25-36(56-44)30-14-16-34-40-22-33-20-29(35-24-52-45(55-35)39-13-9-19-58(39)48(62)43(28(3)4)54-26-63-6)15-17-37(33)59(40)49(64-41(34)23-30)32-11-7-10-31(21-32)46(60)51-5/h7,11,15,17,20-28,31,38-39,42-43,49H,8-10,12-14,16,18-19,50H2,1-6H3,(H,51,60)(H,52,55)(H,53,56). The lowest BCUT2D eigenvalue weighted by Gasteiger charge is -2.34. The molecule has 4 aromatic rings. The maximum absolute atomic E-state index is 13.8. The lowest BCUT2D eigenvalue weighted by molar-refractivity contribution is -0.135. The summed E-state index contributed by atoms with van der Waals surface area (Å²) < 4.78 is 14.4. The Balaban J connectivity index is 1.04. The Labute approximate surface area is 374 Å². The number of allylic oxidation sites excluding steroid dienone is 4. The van der Waals surface area contributed by atoms with Gasteiger partial charge in [0.25, 0.3) is 0 Å². The van der Waals surface area contributed by atoms with E-state index in [1.165, 1.54) is 13.5 Å². The van der Waals surface area contributed by atoms with Gasteiger partial charge in [0.1, 0.15) is 23.4 Å². The fraction of sp³-hybridized carbons (Fsp3) is 0.469. The van der Waals surface area contributed by atoms with E-state index in [9.17, 15) is 14.4 Å². The first kappa shape index (κ1) is 43.1. The molecule has 0 saturated carbocycles. The van der Waals surface area contributed by atoms with Gasteiger partial charge in [-0.05, 0) is 86.6 Å². The lowest BCUT2D eigenvalue weighted by atomic mass is 9.91. The van der Waals surface area contributed by atoms with Crippen molar-refractivity contribution in [3.8, 4) is 11.3 Å². The molecule has 0 bridgehead atoms. The molecule has 2 saturated heterocycles. The van der Waals surface area contributed by atoms with Crippen LogP contribution in [0.2, 0.25) is 0 Å². The fourth-order valence-electron chi connectivity index (χ4n) is 10.0. The molecule has 9 rings (SSSR count). The summed E-state index contributed by atoms with van der Waals surface area (Å²) in [4.78, 5) is 65.0. The first-order valence-electron chi connectivity index (χ1n) is 22.8. The van der Waals surface area contributed by atoms with Gasteiger partial charge in [-0.2, -0.15) is 0 Å². The van der Waals surface area contributed by atoms with Crippen molar-refractivity contribution in [3.63, 3.8) is 0 Å². The van der Waals surface area contributed by atoms with E-state index in [1.54, 1.807) is 7.05 Å². The number of rotatable bonds is 12. The molecule has 3 aliphatic heterocycles. The SMILES string of the molecule is CNC(=O)C1C=C(C2OC3=C(CCC(c4cnc(C5CCCN5C(=O)C(N)C(C)C)[nH]4)=C3)c3cc4cc(-c5cnc(C6CCCN6C(=O)C(N=COC)C(C)C)[nH]5)ccc4n32)C=CC1. The molecule has 15 heteroatoms. The van der Waals surface area contributed by atoms with E-state index in [1.807, 2.05) is 56.0 Å². The summed E-state index contributed by atoms with van der Waals surface area (Å²) in [6.07, 6.45) is 18.4. The highest BCUT2D eigenvalue weighted by molar-refractivity contribution is 5.92. The number of aromatic nitrogens is 5. The smallest absolute Gasteiger partial charge is 0.248 e. The van der Waals surface area contributed by atoms with Crippen LogP contribution >= 0.6 is 0 Å². The van der Waals surface area contributed by atoms with Gasteiger partial charge < -0.3 is 44.9 Å². The topological polar surface area (TPSA) is 189 Å². The summed E-state index contributed by atoms with van der Waals surface area (Å²) in [6.45, 7) is 9.27. The van der Waals surface area contributed by atoms with Gasteiger partial charge in [-0.25, -0.2) is 15.0 Å². The number of nitrogens with zero attached hydrogens (tertiary/aromatic N) is 6. The number of nitrogens with two attached hydrogens (primary N) is 1. The number of fused-ring (bicyclic) bond motifs is 4. The van der Waals surface area contributed by atoms with Crippen LogP contribution in [0, 0.1) is 17.8 Å². The van der Waals surface area contributed by atoms with Crippen LogP contribution in [-0.2, 0) is 23.9 Å². The van der Waals surface area contributed by atoms with Crippen LogP contribution in [-0.4, -0.2) is 97.8 Å². The lowest BCUT2D eigenvalue weighted by Crippen LogP contribution is -2.46. The number of aromatic amines is 2. The highest BCUT2D eigenvalue weighted by Crippen LogP contribution is 2.47. The zero-order chi connectivity index (χ0) is 44.8. The van der Waals surface area contributed by atoms with Crippen molar-refractivity contribution in [3.05, 3.63) is 95.3 Å². The second kappa shape index (κ2) is 17.7. The predicted octanol–water partition coefficient (Wildman–Crippen LogP) is 7.13. The van der Waals surface area contributed by atoms with Gasteiger partial charge in [-0.1, -0.05) is 52.0 Å². The molecule has 6 atom stereocenters. The molecule has 3 amide bonds. The van der Waals surface area contributed by atoms with Crippen molar-refractivity contribution in [2.24, 2.45) is 28.5 Å². The van der Waals surface area contributed by atoms with Crippen LogP contribution < -0.4 is 11.1 Å². The Hall–Kier alpha value is -6.22. The van der Waals surface area contributed by atoms with Crippen molar-refractivity contribution in [2.75, 3.05) is 27.2 Å². The van der Waals surface area contributed by atoms with Crippen molar-refractivity contribution < 1.29 is 23.9 Å². The molecule has 15 nitrogen and oxygen atoms in total. The summed E-state index contributed by atoms with van der Waals surface area (Å²) in [5, 5.41) is 3.86. The number of imidazole rings is 2. The second-order valence-electron chi connectivity index (χ2n) is 18.4. The van der Waals surface area contributed by atoms with Crippen LogP contribution in [0.4, 0.5) is 0 Å². The molecule has 5 aliphatic rings. The van der Waals surface area contributed by atoms with E-state index in [2.05, 4.69) is 67.3 Å². The molecule has 0 radical (unpaired) electrons. The quantitative estimate of drug-likeness (QED) is 0.0855. The molecule has 0 spiro atoms. The van der Waals surface area contributed by atoms with Crippen molar-refractivity contribution in [1.82, 2.24) is 39.6 Å². The molecule has 6 heterocycles. The number of H-pyrrole nitrogens is 2. The molecule has 5 N–H and O–H groups in total. The monoisotopic (exact) mass is 868 g/mol. The number of amides is 3. The molecule has 2 aliphatic carbocycles. The number of benzene rings is 1. The highest BCUT2D eigenvalue weighted by Gasteiger charge is 2.39. The van der Waals surface area contributed by atoms with Gasteiger partial charge in [0.2, 0.25) is 23.9 Å². The van der Waals surface area contributed by atoms with Gasteiger partial charge >= 0.3 is 0 Å². The summed E-state index contributed by atoms with van der Waals surface area (Å²) in [5.41, 5.74) is 14.2. The Morgan fingerprint density at radius 1 is 0.953 bits per heavy atom. The Kier molecular flexibility index (Phi) is 11.9. The van der Waals surface area contributed by atoms with Gasteiger partial charge in [0.15, 0.2) is 6.40 Å². The summed E-state index contributed by atoms with van der Waals surface area (Å²) in [7, 11) is 3.21. The number of carbonyl (C=O) groups excluding carboxylic acids is 3. The minimum Gasteiger partial charge on any atom is -0.487 e. The normalized spacial score (nSPS) is 23.1. The van der Waals surface area contributed by atoms with Gasteiger partial charge in [-0.15, -0.1) is 0 Å². The van der Waals surface area contributed by atoms with Crippen LogP contribution in [0.3, 0.4) is 0 Å². The molecule has 3 aromatic heterocycles. The maximum Gasteiger partial charge on any atom is 0.248 e. The third-order valence-corrected chi connectivity index (χ3v) is 13.6. The predicted molar refractivity (Wildman–Crippen MR) is 246 cm³/mol. The first-order chi connectivity index (χ1) is 30.9. The first-order valence-corrected chi connectivity index (χ1v) is 22.8. The minimum absolute atomic E-state index is 0.0186. The number of nitrogens with one attached hydrogen (secondary N) is 3. The number of ether oxygens (including phenoxy) is 2. The molecular weight excluding hydrogens is 809 g/mol. The van der Waals surface area contributed by atoms with E-state index in [0.717, 1.165) is 106 Å². The Morgan fingerprint density at radius 3 is 2.34 bits per heavy atom. The third-order valence-electron chi connectivity index (χ3n) is 13.6. The van der Waals surface area contributed by atoms with Crippen molar-refractivity contribution in [1.29, 1.82) is 0 Å². The zero-order valence-electron chi connectivity index (χ0n) is 37.6. The van der Waals surface area contributed by atoms with Gasteiger partial charge in [0, 0.05) is 42.2 Å². The largest absolute Gasteiger partial charge is 0.487 e. The van der Waals surface area contributed by atoms with Crippen LogP contribution in [0.25, 0.3) is 33.3 Å². The zero-order valence-corrected chi connectivity index (χ0v) is 37.6. The van der Waals surface area contributed by atoms with Crippen LogP contribution in [0.5, 0.6) is 0 Å². The number of carbonyl (C=O) groups is 3. The highest BCUT2D eigenvalue weighted by atomic mass is 16.5. The molecule has 6 unspecified atom stereocenters. The number of methoxy groups -OCH3 is 1. The summed E-state index contributed by atoms with van der Waals surface area (Å²) >= 11 is 0. The molecule has 64 heavy (non-hydrogen) atoms. The number of aliphatic imine (C=N–C) groups is 1. The minimum atomic E-state index is -0.545. The Morgan fingerprint density at radius 2 is 1.66 bits per heavy atom. The van der Waals surface area contributed by atoms with Crippen LogP contribution in [0.15, 0.2) is 77.3 Å². The maximum atomic E-state index is 13.8. The van der Waals surface area contributed by atoms with E-state index in [0.29, 0.717) is 19.5 Å². The molecule has 336 valence electrons. The van der Waals surface area contributed by atoms with Crippen LogP contribution in [0.1, 0.15) is 114 Å². The molecular formula is C49H60N10O5. The fourth-order valence-corrected chi connectivity index (χ4v) is 10.0. The molecule has 2 fully saturated rings. The Bertz CT molecular complexity index is 2610. The summed E-state index contributed by atoms with van der Waals surface area (Å²) in [6, 6.07) is 7.28. The van der Waals surface area contributed by atoms with E-state index in [-0.39, 0.29) is 47.6 Å². The third kappa shape index (κ3) is 7.88. The summed E-state index contributed by atoms with van der Waals surface area (Å²) in [5.74, 6) is 2.00. The van der Waals surface area contributed by atoms with Crippen molar-refractivity contribution >= 4 is 46.2 Å². The number of hydrogen-bond donors (Lipinski definition) is 4. The molecule has 1 aromatic carbocycles. The van der Waals surface area contributed by atoms with Gasteiger partial charge in [0.05, 0.1) is 66.1 Å². The number of hydrogen-bond acceptors (Lipinski definition) is 9.